The number of hydrogen-bond acceptors (Lipinski definition) is 3. The summed E-state index contributed by atoms with van der Waals surface area (Å²) in [6.45, 7) is -0.0481. The van der Waals surface area contributed by atoms with E-state index in [4.69, 9.17) is 27.9 Å². The Morgan fingerprint density at radius 2 is 1.82 bits per heavy atom. The van der Waals surface area contributed by atoms with Gasteiger partial charge in [-0.15, -0.1) is 0 Å². The molecule has 0 aliphatic carbocycles. The molecule has 0 unspecified atom stereocenters. The number of ether oxygens (including phenoxy) is 1. The summed E-state index contributed by atoms with van der Waals surface area (Å²) in [5.74, 6) is -0.00237. The zero-order valence-corrected chi connectivity index (χ0v) is 16.1. The van der Waals surface area contributed by atoms with Crippen LogP contribution in [0.3, 0.4) is 0 Å². The monoisotopic (exact) mass is 430 g/mol. The van der Waals surface area contributed by atoms with Crippen LogP contribution < -0.4 is 4.74 Å². The third kappa shape index (κ3) is 4.36. The maximum atomic E-state index is 13.5. The highest BCUT2D eigenvalue weighted by atomic mass is 35.5. The van der Waals surface area contributed by atoms with Crippen molar-refractivity contribution in [1.82, 2.24) is 9.78 Å². The molecular formula is C19H15Cl2F3N2O2. The molecule has 3 rings (SSSR count). The summed E-state index contributed by atoms with van der Waals surface area (Å²) in [7, 11) is 1.49. The first kappa shape index (κ1) is 20.4. The molecule has 0 aliphatic rings. The van der Waals surface area contributed by atoms with Crippen molar-refractivity contribution < 1.29 is 23.0 Å². The minimum absolute atomic E-state index is 0.0481. The van der Waals surface area contributed by atoms with Crippen molar-refractivity contribution in [3.63, 3.8) is 0 Å². The molecule has 0 atom stereocenters. The SMILES string of the molecule is COc1cccc(Cn2nc(C(F)(F)F)c(Cc3ccc(Cl)c(Cl)c3)c2O)c1. The van der Waals surface area contributed by atoms with Gasteiger partial charge in [-0.3, -0.25) is 0 Å². The first-order valence-corrected chi connectivity index (χ1v) is 8.87. The van der Waals surface area contributed by atoms with E-state index in [9.17, 15) is 18.3 Å². The molecule has 0 amide bonds. The lowest BCUT2D eigenvalue weighted by atomic mass is 10.0. The molecule has 2 aromatic carbocycles. The lowest BCUT2D eigenvalue weighted by Crippen LogP contribution is -2.10. The number of methoxy groups -OCH3 is 1. The summed E-state index contributed by atoms with van der Waals surface area (Å²) in [6.07, 6.45) is -4.92. The topological polar surface area (TPSA) is 47.3 Å². The van der Waals surface area contributed by atoms with E-state index in [1.165, 1.54) is 19.2 Å². The highest BCUT2D eigenvalue weighted by Gasteiger charge is 2.39. The van der Waals surface area contributed by atoms with Crippen molar-refractivity contribution in [2.45, 2.75) is 19.1 Å². The van der Waals surface area contributed by atoms with Crippen LogP contribution >= 0.6 is 23.2 Å². The van der Waals surface area contributed by atoms with E-state index in [0.29, 0.717) is 21.9 Å². The molecule has 0 fully saturated rings. The number of rotatable bonds is 5. The molecule has 0 spiro atoms. The van der Waals surface area contributed by atoms with Crippen LogP contribution in [0.15, 0.2) is 42.5 Å². The second kappa shape index (κ2) is 7.93. The Labute approximate surface area is 169 Å². The van der Waals surface area contributed by atoms with Crippen molar-refractivity contribution in [2.75, 3.05) is 7.11 Å². The van der Waals surface area contributed by atoms with Crippen LogP contribution in [-0.4, -0.2) is 22.0 Å². The van der Waals surface area contributed by atoms with Gasteiger partial charge < -0.3 is 9.84 Å². The van der Waals surface area contributed by atoms with E-state index in [2.05, 4.69) is 5.10 Å². The van der Waals surface area contributed by atoms with Gasteiger partial charge in [0.2, 0.25) is 5.88 Å². The second-order valence-electron chi connectivity index (χ2n) is 6.08. The van der Waals surface area contributed by atoms with Gasteiger partial charge in [0, 0.05) is 6.42 Å². The third-order valence-corrected chi connectivity index (χ3v) is 4.86. The fraction of sp³-hybridized carbons (Fsp3) is 0.211. The van der Waals surface area contributed by atoms with Gasteiger partial charge >= 0.3 is 6.18 Å². The largest absolute Gasteiger partial charge is 0.497 e. The average molecular weight is 431 g/mol. The van der Waals surface area contributed by atoms with Crippen LogP contribution in [0, 0.1) is 0 Å². The van der Waals surface area contributed by atoms with E-state index < -0.39 is 17.8 Å². The van der Waals surface area contributed by atoms with E-state index in [-0.39, 0.29) is 23.6 Å². The van der Waals surface area contributed by atoms with Crippen LogP contribution in [-0.2, 0) is 19.1 Å². The molecule has 148 valence electrons. The van der Waals surface area contributed by atoms with Crippen molar-refractivity contribution in [3.8, 4) is 11.6 Å². The molecule has 0 bridgehead atoms. The van der Waals surface area contributed by atoms with Crippen LogP contribution in [0.1, 0.15) is 22.4 Å². The lowest BCUT2D eigenvalue weighted by molar-refractivity contribution is -0.142. The van der Waals surface area contributed by atoms with Crippen LogP contribution in [0.25, 0.3) is 0 Å². The quantitative estimate of drug-likeness (QED) is 0.576. The number of aromatic hydroxyl groups is 1. The van der Waals surface area contributed by atoms with Gasteiger partial charge in [0.25, 0.3) is 0 Å². The summed E-state index contributed by atoms with van der Waals surface area (Å²) >= 11 is 11.8. The van der Waals surface area contributed by atoms with Gasteiger partial charge in [-0.1, -0.05) is 41.4 Å². The summed E-state index contributed by atoms with van der Waals surface area (Å²) in [5.41, 5.74) is -0.365. The third-order valence-electron chi connectivity index (χ3n) is 4.12. The van der Waals surface area contributed by atoms with Gasteiger partial charge in [-0.05, 0) is 35.4 Å². The molecule has 3 aromatic rings. The van der Waals surface area contributed by atoms with Gasteiger partial charge in [0.15, 0.2) is 5.69 Å². The molecule has 0 saturated carbocycles. The molecule has 1 heterocycles. The van der Waals surface area contributed by atoms with E-state index in [1.807, 2.05) is 0 Å². The number of aromatic nitrogens is 2. The minimum Gasteiger partial charge on any atom is -0.497 e. The zero-order valence-electron chi connectivity index (χ0n) is 14.6. The van der Waals surface area contributed by atoms with Crippen LogP contribution in [0.5, 0.6) is 11.6 Å². The molecule has 1 N–H and O–H groups in total. The highest BCUT2D eigenvalue weighted by molar-refractivity contribution is 6.42. The van der Waals surface area contributed by atoms with Gasteiger partial charge in [0.1, 0.15) is 5.75 Å². The summed E-state index contributed by atoms with van der Waals surface area (Å²) in [4.78, 5) is 0. The van der Waals surface area contributed by atoms with Crippen molar-refractivity contribution in [1.29, 1.82) is 0 Å². The number of benzene rings is 2. The number of alkyl halides is 3. The van der Waals surface area contributed by atoms with Gasteiger partial charge in [-0.25, -0.2) is 4.68 Å². The summed E-state index contributed by atoms with van der Waals surface area (Å²) < 4.78 is 46.5. The predicted molar refractivity (Wildman–Crippen MR) is 100 cm³/mol. The first-order chi connectivity index (χ1) is 13.2. The standard InChI is InChI=1S/C19H15Cl2F3N2O2/c1-28-13-4-2-3-12(7-13)10-26-18(27)14(17(25-26)19(22,23)24)8-11-5-6-15(20)16(21)9-11/h2-7,9,27H,8,10H2,1H3. The fourth-order valence-corrected chi connectivity index (χ4v) is 3.11. The van der Waals surface area contributed by atoms with E-state index >= 15 is 0 Å². The van der Waals surface area contributed by atoms with Gasteiger partial charge in [0.05, 0.1) is 29.3 Å². The Bertz CT molecular complexity index is 1000. The Morgan fingerprint density at radius 3 is 2.46 bits per heavy atom. The molecule has 0 aliphatic heterocycles. The number of nitrogens with zero attached hydrogens (tertiary/aromatic N) is 2. The lowest BCUT2D eigenvalue weighted by Gasteiger charge is -2.07. The van der Waals surface area contributed by atoms with E-state index in [1.54, 1.807) is 30.3 Å². The fourth-order valence-electron chi connectivity index (χ4n) is 2.79. The minimum atomic E-state index is -4.72. The Hall–Kier alpha value is -2.38. The molecule has 0 radical (unpaired) electrons. The maximum Gasteiger partial charge on any atom is 0.435 e. The van der Waals surface area contributed by atoms with Crippen molar-refractivity contribution in [3.05, 3.63) is 74.9 Å². The van der Waals surface area contributed by atoms with Gasteiger partial charge in [-0.2, -0.15) is 18.3 Å². The second-order valence-corrected chi connectivity index (χ2v) is 6.90. The van der Waals surface area contributed by atoms with Crippen molar-refractivity contribution >= 4 is 23.2 Å². The Kier molecular flexibility index (Phi) is 5.76. The average Bonchev–Trinajstić information content (AvgIpc) is 2.95. The number of halogens is 5. The molecule has 1 aromatic heterocycles. The van der Waals surface area contributed by atoms with Crippen molar-refractivity contribution in [2.24, 2.45) is 0 Å². The number of hydrogen-bond donors (Lipinski definition) is 1. The molecule has 28 heavy (non-hydrogen) atoms. The Morgan fingerprint density at radius 1 is 1.07 bits per heavy atom. The first-order valence-electron chi connectivity index (χ1n) is 8.11. The molecule has 0 saturated heterocycles. The maximum absolute atomic E-state index is 13.5. The predicted octanol–water partition coefficient (Wildman–Crippen LogP) is 5.56. The van der Waals surface area contributed by atoms with Crippen LogP contribution in [0.4, 0.5) is 13.2 Å². The Balaban J connectivity index is 2.00. The van der Waals surface area contributed by atoms with Crippen LogP contribution in [0.2, 0.25) is 10.0 Å². The molecule has 4 nitrogen and oxygen atoms in total. The molecular weight excluding hydrogens is 416 g/mol. The highest BCUT2D eigenvalue weighted by Crippen LogP contribution is 2.37. The smallest absolute Gasteiger partial charge is 0.435 e. The molecule has 9 heteroatoms. The summed E-state index contributed by atoms with van der Waals surface area (Å²) in [5, 5.41) is 14.6. The summed E-state index contributed by atoms with van der Waals surface area (Å²) in [6, 6.07) is 11.3. The zero-order chi connectivity index (χ0) is 20.5. The van der Waals surface area contributed by atoms with E-state index in [0.717, 1.165) is 4.68 Å². The normalized spacial score (nSPS) is 11.6.